The molecule has 1 fully saturated rings. The number of likely N-dealkylation sites (N-methyl/N-ethyl adjacent to an activating group) is 1. The molecule has 1 aromatic carbocycles. The first-order chi connectivity index (χ1) is 19.1. The number of nitrogens with one attached hydrogen (secondary N) is 3. The number of carbonyl (C=O) groups is 2. The molecule has 3 rings (SSSR count). The molecule has 0 radical (unpaired) electrons. The van der Waals surface area contributed by atoms with E-state index in [0.717, 1.165) is 30.5 Å². The number of likely N-dealkylation sites (tertiary alicyclic amines) is 1. The highest BCUT2D eigenvalue weighted by Gasteiger charge is 2.21. The van der Waals surface area contributed by atoms with Crippen LogP contribution in [0.25, 0.3) is 0 Å². The van der Waals surface area contributed by atoms with Crippen LogP contribution in [0.3, 0.4) is 0 Å². The van der Waals surface area contributed by atoms with Crippen LogP contribution in [0.5, 0.6) is 0 Å². The van der Waals surface area contributed by atoms with Crippen molar-refractivity contribution in [3.63, 3.8) is 0 Å². The van der Waals surface area contributed by atoms with Gasteiger partial charge in [0.05, 0.1) is 12.2 Å². The van der Waals surface area contributed by atoms with Gasteiger partial charge in [-0.3, -0.25) is 20.4 Å². The number of amides is 1. The van der Waals surface area contributed by atoms with E-state index in [4.69, 9.17) is 10.8 Å². The van der Waals surface area contributed by atoms with Crippen molar-refractivity contribution in [1.29, 1.82) is 10.8 Å². The quantitative estimate of drug-likeness (QED) is 0.132. The molecule has 10 heteroatoms. The van der Waals surface area contributed by atoms with Gasteiger partial charge in [-0.1, -0.05) is 39.0 Å². The molecule has 2 aliphatic heterocycles. The van der Waals surface area contributed by atoms with E-state index in [1.54, 1.807) is 43.2 Å². The topological polar surface area (TPSA) is 119 Å². The second kappa shape index (κ2) is 18.6. The van der Waals surface area contributed by atoms with Crippen molar-refractivity contribution >= 4 is 24.1 Å². The number of ether oxygens (including phenoxy) is 2. The van der Waals surface area contributed by atoms with Crippen molar-refractivity contribution in [1.82, 2.24) is 15.1 Å². The Morgan fingerprint density at radius 2 is 1.90 bits per heavy atom. The summed E-state index contributed by atoms with van der Waals surface area (Å²) >= 11 is 0. The number of benzene rings is 1. The fraction of sp³-hybridized carbons (Fsp3) is 0.467. The van der Waals surface area contributed by atoms with Gasteiger partial charge in [0, 0.05) is 38.9 Å². The Kier molecular flexibility index (Phi) is 16.0. The second-order valence-corrected chi connectivity index (χ2v) is 9.49. The molecular formula is C30H44FN5O4. The summed E-state index contributed by atoms with van der Waals surface area (Å²) in [5, 5.41) is 18.7. The number of allylic oxidation sites excluding steroid dienone is 3. The SMILES string of the molecule is C=C(/C=C\C=C(/C)C(=N)N1CCCC1=N)NC(=O)c1cc2c(cc1F)CCN(C)C2.CCC.COCCOC=O. The van der Waals surface area contributed by atoms with E-state index in [1.165, 1.54) is 12.5 Å². The fourth-order valence-electron chi connectivity index (χ4n) is 3.85. The zero-order valence-corrected chi connectivity index (χ0v) is 24.4. The van der Waals surface area contributed by atoms with Gasteiger partial charge in [-0.15, -0.1) is 0 Å². The maximum absolute atomic E-state index is 14.4. The van der Waals surface area contributed by atoms with Crippen molar-refractivity contribution in [2.75, 3.05) is 40.5 Å². The largest absolute Gasteiger partial charge is 0.465 e. The normalized spacial score (nSPS) is 14.9. The molecule has 0 aliphatic carbocycles. The predicted molar refractivity (Wildman–Crippen MR) is 157 cm³/mol. The maximum atomic E-state index is 14.4. The minimum Gasteiger partial charge on any atom is -0.465 e. The van der Waals surface area contributed by atoms with E-state index in [-0.39, 0.29) is 5.56 Å². The molecule has 0 saturated carbocycles. The van der Waals surface area contributed by atoms with Crippen LogP contribution in [-0.4, -0.2) is 74.3 Å². The average molecular weight is 558 g/mol. The lowest BCUT2D eigenvalue weighted by molar-refractivity contribution is -0.129. The van der Waals surface area contributed by atoms with Gasteiger partial charge in [-0.25, -0.2) is 4.39 Å². The molecule has 1 aromatic rings. The lowest BCUT2D eigenvalue weighted by Crippen LogP contribution is -2.31. The third-order valence-corrected chi connectivity index (χ3v) is 5.89. The van der Waals surface area contributed by atoms with E-state index >= 15 is 0 Å². The highest BCUT2D eigenvalue weighted by atomic mass is 19.1. The second-order valence-electron chi connectivity index (χ2n) is 9.49. The van der Waals surface area contributed by atoms with Gasteiger partial charge in [0.15, 0.2) is 0 Å². The Bertz CT molecular complexity index is 1100. The molecule has 0 bridgehead atoms. The monoisotopic (exact) mass is 557 g/mol. The number of methoxy groups -OCH3 is 1. The third-order valence-electron chi connectivity index (χ3n) is 5.89. The molecule has 1 saturated heterocycles. The van der Waals surface area contributed by atoms with E-state index in [0.29, 0.717) is 62.1 Å². The van der Waals surface area contributed by atoms with Gasteiger partial charge >= 0.3 is 0 Å². The van der Waals surface area contributed by atoms with Crippen LogP contribution in [0.1, 0.15) is 61.5 Å². The van der Waals surface area contributed by atoms with Gasteiger partial charge in [0.25, 0.3) is 12.4 Å². The smallest absolute Gasteiger partial charge is 0.293 e. The summed E-state index contributed by atoms with van der Waals surface area (Å²) in [6.45, 7) is 13.3. The summed E-state index contributed by atoms with van der Waals surface area (Å²) in [4.78, 5) is 25.7. The van der Waals surface area contributed by atoms with Crippen LogP contribution in [-0.2, 0) is 27.2 Å². The molecule has 0 aromatic heterocycles. The van der Waals surface area contributed by atoms with Crippen molar-refractivity contribution in [2.24, 2.45) is 0 Å². The summed E-state index contributed by atoms with van der Waals surface area (Å²) in [6.07, 6.45) is 8.64. The zero-order valence-electron chi connectivity index (χ0n) is 24.4. The number of hydrogen-bond donors (Lipinski definition) is 3. The first kappa shape index (κ1) is 34.4. The summed E-state index contributed by atoms with van der Waals surface area (Å²) in [7, 11) is 3.55. The van der Waals surface area contributed by atoms with Gasteiger partial charge in [0.2, 0.25) is 0 Å². The lowest BCUT2D eigenvalue weighted by atomic mass is 9.97. The van der Waals surface area contributed by atoms with Gasteiger partial charge in [-0.05, 0) is 61.7 Å². The molecule has 9 nitrogen and oxygen atoms in total. The van der Waals surface area contributed by atoms with E-state index in [2.05, 4.69) is 40.1 Å². The van der Waals surface area contributed by atoms with Crippen LogP contribution in [0.2, 0.25) is 0 Å². The number of nitrogens with zero attached hydrogens (tertiary/aromatic N) is 2. The van der Waals surface area contributed by atoms with Crippen LogP contribution >= 0.6 is 0 Å². The highest BCUT2D eigenvalue weighted by Crippen LogP contribution is 2.22. The van der Waals surface area contributed by atoms with Crippen molar-refractivity contribution in [3.8, 4) is 0 Å². The van der Waals surface area contributed by atoms with E-state index < -0.39 is 11.7 Å². The van der Waals surface area contributed by atoms with Crippen LogP contribution in [0.4, 0.5) is 4.39 Å². The lowest BCUT2D eigenvalue weighted by Gasteiger charge is -2.25. The summed E-state index contributed by atoms with van der Waals surface area (Å²) < 4.78 is 23.3. The van der Waals surface area contributed by atoms with Crippen LogP contribution in [0.15, 0.2) is 48.2 Å². The van der Waals surface area contributed by atoms with Gasteiger partial charge in [0.1, 0.15) is 24.1 Å². The summed E-state index contributed by atoms with van der Waals surface area (Å²) in [6, 6.07) is 3.09. The summed E-state index contributed by atoms with van der Waals surface area (Å²) in [5.41, 5.74) is 2.98. The van der Waals surface area contributed by atoms with Crippen molar-refractivity contribution in [3.05, 3.63) is 70.7 Å². The third kappa shape index (κ3) is 11.6. The molecule has 3 N–H and O–H groups in total. The number of carbonyl (C=O) groups excluding carboxylic acids is 2. The number of hydrogen-bond acceptors (Lipinski definition) is 7. The first-order valence-corrected chi connectivity index (χ1v) is 13.4. The highest BCUT2D eigenvalue weighted by molar-refractivity contribution is 6.07. The molecule has 220 valence electrons. The molecular weight excluding hydrogens is 513 g/mol. The number of amidine groups is 2. The van der Waals surface area contributed by atoms with Gasteiger partial charge < -0.3 is 24.6 Å². The number of rotatable bonds is 9. The first-order valence-electron chi connectivity index (χ1n) is 13.4. The number of fused-ring (bicyclic) bond motifs is 1. The standard InChI is InChI=1S/C23H28FN5O.C4H8O3.C3H8/c1-15(22(26)29-10-5-8-21(29)25)6-4-7-16(2)27-23(30)19-12-18-14-28(3)11-9-17(18)13-20(19)24;1-6-2-3-7-4-5;1-3-2/h4,6-7,12-13,25-26H,2,5,8-11,14H2,1,3H3,(H,27,30);4H,2-3H2,1H3;3H2,1-2H3/b7-4-,15-6+,25-21?,26-22?;;. The maximum Gasteiger partial charge on any atom is 0.293 e. The number of halogens is 1. The Labute approximate surface area is 237 Å². The molecule has 2 heterocycles. The average Bonchev–Trinajstić information content (AvgIpc) is 3.34. The molecule has 40 heavy (non-hydrogen) atoms. The van der Waals surface area contributed by atoms with Gasteiger partial charge in [-0.2, -0.15) is 0 Å². The minimum absolute atomic E-state index is 0.0136. The summed E-state index contributed by atoms with van der Waals surface area (Å²) in [5.74, 6) is -0.286. The van der Waals surface area contributed by atoms with Crippen molar-refractivity contribution < 1.29 is 23.5 Å². The zero-order chi connectivity index (χ0) is 30.1. The Balaban J connectivity index is 0.000000687. The molecule has 2 aliphatic rings. The van der Waals surface area contributed by atoms with E-state index in [9.17, 15) is 14.0 Å². The van der Waals surface area contributed by atoms with Crippen LogP contribution in [0, 0.1) is 16.6 Å². The molecule has 0 spiro atoms. The Morgan fingerprint density at radius 3 is 2.50 bits per heavy atom. The molecule has 1 amide bonds. The minimum atomic E-state index is -0.530. The fourth-order valence-corrected chi connectivity index (χ4v) is 3.85. The Hall–Kier alpha value is -3.63. The molecule has 0 atom stereocenters. The van der Waals surface area contributed by atoms with E-state index in [1.807, 2.05) is 7.05 Å². The van der Waals surface area contributed by atoms with Crippen molar-refractivity contribution in [2.45, 2.75) is 53.0 Å². The molecule has 0 unspecified atom stereocenters. The Morgan fingerprint density at radius 1 is 1.20 bits per heavy atom. The van der Waals surface area contributed by atoms with Crippen LogP contribution < -0.4 is 5.32 Å². The predicted octanol–water partition coefficient (Wildman–Crippen LogP) is 4.83.